The molecule has 1 aliphatic carbocycles. The van der Waals surface area contributed by atoms with Gasteiger partial charge in [0.15, 0.2) is 7.60 Å². The van der Waals surface area contributed by atoms with Crippen LogP contribution in [-0.4, -0.2) is 60.2 Å². The third-order valence-electron chi connectivity index (χ3n) is 6.90. The molecule has 2 atom stereocenters. The Morgan fingerprint density at radius 2 is 1.74 bits per heavy atom. The summed E-state index contributed by atoms with van der Waals surface area (Å²) in [4.78, 5) is 27.4. The fourth-order valence-corrected chi connectivity index (χ4v) is 6.66. The van der Waals surface area contributed by atoms with Crippen molar-refractivity contribution in [3.05, 3.63) is 22.7 Å². The fourth-order valence-electron chi connectivity index (χ4n) is 4.38. The number of aromatic nitrogens is 2. The van der Waals surface area contributed by atoms with Crippen molar-refractivity contribution in [2.45, 2.75) is 96.1 Å². The molecule has 1 aliphatic rings. The molecule has 0 spiro atoms. The number of hydrogen-bond donors (Lipinski definition) is 2. The van der Waals surface area contributed by atoms with E-state index in [4.69, 9.17) is 15.0 Å². The van der Waals surface area contributed by atoms with E-state index in [9.17, 15) is 27.8 Å². The first-order chi connectivity index (χ1) is 18.1. The summed E-state index contributed by atoms with van der Waals surface area (Å²) in [6.45, 7) is -0.925. The summed E-state index contributed by atoms with van der Waals surface area (Å²) in [5.41, 5.74) is 4.77. The van der Waals surface area contributed by atoms with Crippen LogP contribution in [0.1, 0.15) is 83.5 Å². The van der Waals surface area contributed by atoms with Gasteiger partial charge >= 0.3 is 5.69 Å². The number of aliphatic hydroxyl groups is 1. The highest BCUT2D eigenvalue weighted by molar-refractivity contribution is 7.91. The maximum atomic E-state index is 12.2. The van der Waals surface area contributed by atoms with Gasteiger partial charge in [-0.05, 0) is 24.8 Å². The van der Waals surface area contributed by atoms with Gasteiger partial charge in [0, 0.05) is 6.20 Å². The molecule has 13 heteroatoms. The van der Waals surface area contributed by atoms with Crippen LogP contribution < -0.4 is 16.3 Å². The van der Waals surface area contributed by atoms with Crippen LogP contribution in [0.4, 0.5) is 5.82 Å². The van der Waals surface area contributed by atoms with Gasteiger partial charge in [0.2, 0.25) is 0 Å². The first kappa shape index (κ1) is 32.9. The lowest BCUT2D eigenvalue weighted by Gasteiger charge is -2.25. The Labute approximate surface area is 226 Å². The molecule has 1 saturated carbocycles. The summed E-state index contributed by atoms with van der Waals surface area (Å²) >= 11 is 0. The Kier molecular flexibility index (Phi) is 15.1. The molecule has 11 nitrogen and oxygen atoms in total. The summed E-state index contributed by atoms with van der Waals surface area (Å²) in [5.74, 6) is 0.999. The number of hydrogen-bond acceptors (Lipinski definition) is 10. The molecule has 3 N–H and O–H groups in total. The zero-order valence-electron chi connectivity index (χ0n) is 22.4. The number of nitrogens with zero attached hydrogens (tertiary/aromatic N) is 2. The fraction of sp³-hybridized carbons (Fsp3) is 0.840. The molecule has 0 amide bonds. The lowest BCUT2D eigenvalue weighted by atomic mass is 9.81. The Morgan fingerprint density at radius 3 is 2.34 bits per heavy atom. The van der Waals surface area contributed by atoms with Crippen molar-refractivity contribution in [2.24, 2.45) is 5.92 Å². The van der Waals surface area contributed by atoms with E-state index in [1.807, 2.05) is 0 Å². The summed E-state index contributed by atoms with van der Waals surface area (Å²) in [7, 11) is -7.68. The monoisotopic (exact) mass is 578 g/mol. The Morgan fingerprint density at radius 1 is 1.11 bits per heavy atom. The Balaban J connectivity index is 1.51. The van der Waals surface area contributed by atoms with Crippen molar-refractivity contribution in [3.63, 3.8) is 0 Å². The van der Waals surface area contributed by atoms with E-state index in [0.29, 0.717) is 6.42 Å². The Hall–Kier alpha value is -1.30. The number of nitrogens with two attached hydrogens (primary N) is 1. The largest absolute Gasteiger partial charge is 0.777 e. The van der Waals surface area contributed by atoms with Crippen molar-refractivity contribution in [1.82, 2.24) is 9.55 Å². The molecule has 0 saturated heterocycles. The van der Waals surface area contributed by atoms with Crippen molar-refractivity contribution in [3.8, 4) is 0 Å². The quantitative estimate of drug-likeness (QED) is 0.154. The normalized spacial score (nSPS) is 16.7. The number of ether oxygens (including phenoxy) is 1. The number of aliphatic hydroxyl groups excluding tert-OH is 1. The number of sulfone groups is 1. The number of anilines is 1. The van der Waals surface area contributed by atoms with Crippen LogP contribution in [0.3, 0.4) is 0 Å². The lowest BCUT2D eigenvalue weighted by Crippen LogP contribution is -2.32. The molecule has 0 aromatic carbocycles. The molecule has 1 heterocycles. The smallest absolute Gasteiger partial charge is 0.349 e. The number of rotatable bonds is 22. The molecule has 2 rings (SSSR count). The summed E-state index contributed by atoms with van der Waals surface area (Å²) in [5, 5.41) is 9.44. The van der Waals surface area contributed by atoms with Gasteiger partial charge in [-0.15, -0.1) is 0 Å². The van der Waals surface area contributed by atoms with Crippen LogP contribution in [0.2, 0.25) is 0 Å². The average Bonchev–Trinajstić information content (AvgIpc) is 2.83. The van der Waals surface area contributed by atoms with Crippen LogP contribution in [0, 0.1) is 5.92 Å². The van der Waals surface area contributed by atoms with Crippen LogP contribution in [0.5, 0.6) is 0 Å². The van der Waals surface area contributed by atoms with Gasteiger partial charge in [-0.2, -0.15) is 4.98 Å². The van der Waals surface area contributed by atoms with Crippen LogP contribution in [-0.2, 0) is 30.2 Å². The topological polar surface area (TPSA) is 174 Å². The molecule has 0 bridgehead atoms. The third-order valence-corrected chi connectivity index (χ3v) is 9.76. The highest BCUT2D eigenvalue weighted by atomic mass is 32.2. The maximum absolute atomic E-state index is 12.2. The van der Waals surface area contributed by atoms with Gasteiger partial charge in [0.05, 0.1) is 37.4 Å². The molecule has 38 heavy (non-hydrogen) atoms. The highest BCUT2D eigenvalue weighted by Gasteiger charge is 2.17. The van der Waals surface area contributed by atoms with Crippen LogP contribution >= 0.6 is 7.60 Å². The third kappa shape index (κ3) is 14.2. The van der Waals surface area contributed by atoms with Gasteiger partial charge in [-0.25, -0.2) is 13.2 Å². The molecular weight excluding hydrogens is 533 g/mol. The van der Waals surface area contributed by atoms with Gasteiger partial charge in [-0.3, -0.25) is 4.57 Å². The van der Waals surface area contributed by atoms with E-state index in [0.717, 1.165) is 29.7 Å². The SMILES string of the molecule is Nc1ccn(C[C@@H](CO)OCP(=O)([O-])OCCCS(=O)(=O)CCCCCCCCCCC2CCC2)c(=O)n1. The highest BCUT2D eigenvalue weighted by Crippen LogP contribution is 2.37. The van der Waals surface area contributed by atoms with Crippen molar-refractivity contribution >= 4 is 23.3 Å². The first-order valence-corrected chi connectivity index (χ1v) is 17.4. The van der Waals surface area contributed by atoms with E-state index in [2.05, 4.69) is 4.98 Å². The van der Waals surface area contributed by atoms with E-state index < -0.39 is 42.2 Å². The molecule has 1 aromatic rings. The van der Waals surface area contributed by atoms with Crippen molar-refractivity contribution in [1.29, 1.82) is 0 Å². The molecule has 1 aromatic heterocycles. The van der Waals surface area contributed by atoms with Crippen molar-refractivity contribution < 1.29 is 32.2 Å². The van der Waals surface area contributed by atoms with E-state index >= 15 is 0 Å². The standard InChI is InChI=1S/C25H46N3O8PS/c26-24-14-15-28(25(30)27-24)19-23(20-29)35-21-37(31,32)36-16-10-18-38(33,34)17-8-6-4-2-1-3-5-7-11-22-12-9-13-22/h14-15,22-23,29H,1-13,16-21H2,(H,31,32)(H2,26,27,30)/p-1/t23-/m0/s1. The van der Waals surface area contributed by atoms with E-state index in [1.165, 1.54) is 63.6 Å². The van der Waals surface area contributed by atoms with Crippen molar-refractivity contribution in [2.75, 3.05) is 36.8 Å². The van der Waals surface area contributed by atoms with Crippen LogP contribution in [0.25, 0.3) is 0 Å². The minimum absolute atomic E-state index is 0.0438. The second kappa shape index (κ2) is 17.4. The van der Waals surface area contributed by atoms with Gasteiger partial charge in [-0.1, -0.05) is 70.6 Å². The Bertz CT molecular complexity index is 1020. The molecule has 1 unspecified atom stereocenters. The van der Waals surface area contributed by atoms with Gasteiger partial charge < -0.3 is 29.6 Å². The average molecular weight is 579 g/mol. The van der Waals surface area contributed by atoms with E-state index in [1.54, 1.807) is 0 Å². The lowest BCUT2D eigenvalue weighted by molar-refractivity contribution is -0.205. The molecule has 0 radical (unpaired) electrons. The second-order valence-corrected chi connectivity index (χ2v) is 14.3. The maximum Gasteiger partial charge on any atom is 0.349 e. The minimum atomic E-state index is -4.42. The molecule has 0 aliphatic heterocycles. The first-order valence-electron chi connectivity index (χ1n) is 13.8. The van der Waals surface area contributed by atoms with Gasteiger partial charge in [0.1, 0.15) is 22.0 Å². The van der Waals surface area contributed by atoms with E-state index in [-0.39, 0.29) is 36.9 Å². The summed E-state index contributed by atoms with van der Waals surface area (Å²) in [6.07, 6.45) is 14.1. The molecule has 220 valence electrons. The summed E-state index contributed by atoms with van der Waals surface area (Å²) in [6, 6.07) is 1.39. The predicted octanol–water partition coefficient (Wildman–Crippen LogP) is 2.85. The molecular formula is C25H45N3O8PS-. The summed E-state index contributed by atoms with van der Waals surface area (Å²) < 4.78 is 47.7. The molecule has 1 fully saturated rings. The zero-order chi connectivity index (χ0) is 27.9. The minimum Gasteiger partial charge on any atom is -0.777 e. The zero-order valence-corrected chi connectivity index (χ0v) is 24.1. The predicted molar refractivity (Wildman–Crippen MR) is 145 cm³/mol. The van der Waals surface area contributed by atoms with Gasteiger partial charge in [0.25, 0.3) is 0 Å². The second-order valence-electron chi connectivity index (χ2n) is 10.3. The number of nitrogen functional groups attached to an aromatic ring is 1. The number of unbranched alkanes of at least 4 members (excludes halogenated alkanes) is 7. The van der Waals surface area contributed by atoms with Crippen LogP contribution in [0.15, 0.2) is 17.1 Å².